The van der Waals surface area contributed by atoms with E-state index in [1.165, 1.54) is 19.3 Å². The van der Waals surface area contributed by atoms with Gasteiger partial charge in [-0.25, -0.2) is 14.4 Å². The normalized spacial score (nSPS) is 17.7. The number of hydrogen-bond donors (Lipinski definition) is 5. The van der Waals surface area contributed by atoms with E-state index in [4.69, 9.17) is 29.2 Å². The lowest BCUT2D eigenvalue weighted by Gasteiger charge is -2.26. The summed E-state index contributed by atoms with van der Waals surface area (Å²) in [5, 5.41) is 14.8. The van der Waals surface area contributed by atoms with Gasteiger partial charge in [0.2, 0.25) is 17.6 Å². The van der Waals surface area contributed by atoms with Crippen LogP contribution < -0.4 is 26.6 Å². The zero-order chi connectivity index (χ0) is 50.1. The molecular formula is C50H71N7O11S2. The molecule has 1 unspecified atom stereocenters. The van der Waals surface area contributed by atoms with Gasteiger partial charge in [-0.1, -0.05) is 61.4 Å². The largest absolute Gasteiger partial charge is 0.458 e. The van der Waals surface area contributed by atoms with Crippen LogP contribution in [0, 0.1) is 0 Å². The van der Waals surface area contributed by atoms with E-state index in [-0.39, 0.29) is 68.8 Å². The summed E-state index contributed by atoms with van der Waals surface area (Å²) in [6, 6.07) is 14.0. The molecule has 2 saturated heterocycles. The maximum atomic E-state index is 13.8. The van der Waals surface area contributed by atoms with E-state index in [1.54, 1.807) is 20.8 Å². The number of nitrogens with one attached hydrogen (secondary N) is 5. The molecule has 384 valence electrons. The zero-order valence-electron chi connectivity index (χ0n) is 40.7. The van der Waals surface area contributed by atoms with Crippen LogP contribution in [0.2, 0.25) is 0 Å². The van der Waals surface area contributed by atoms with E-state index in [1.807, 2.05) is 72.1 Å². The van der Waals surface area contributed by atoms with Gasteiger partial charge in [0, 0.05) is 42.1 Å². The van der Waals surface area contributed by atoms with Gasteiger partial charge >= 0.3 is 24.3 Å². The number of fused-ring (bicyclic) bond motifs is 4. The van der Waals surface area contributed by atoms with Crippen molar-refractivity contribution in [1.29, 1.82) is 0 Å². The molecule has 5 rings (SSSR count). The molecule has 2 fully saturated rings. The molecule has 70 heavy (non-hydrogen) atoms. The van der Waals surface area contributed by atoms with E-state index in [9.17, 15) is 28.8 Å². The van der Waals surface area contributed by atoms with E-state index >= 15 is 0 Å². The van der Waals surface area contributed by atoms with Crippen LogP contribution in [0.5, 0.6) is 0 Å². The molecule has 5 atom stereocenters. The van der Waals surface area contributed by atoms with Gasteiger partial charge in [0.1, 0.15) is 24.3 Å². The molecule has 2 heterocycles. The summed E-state index contributed by atoms with van der Waals surface area (Å²) >= 11 is 3.87. The molecule has 0 saturated carbocycles. The number of Topliss-reactive ketones (excluding diaryl/α,β-unsaturated/α-hetero) is 1. The van der Waals surface area contributed by atoms with Gasteiger partial charge in [0.05, 0.1) is 51.7 Å². The van der Waals surface area contributed by atoms with E-state index < -0.39 is 41.4 Å². The predicted octanol–water partition coefficient (Wildman–Crippen LogP) is 5.56. The number of urea groups is 1. The number of ketones is 1. The van der Waals surface area contributed by atoms with E-state index in [2.05, 4.69) is 31.4 Å². The van der Waals surface area contributed by atoms with Gasteiger partial charge in [-0.05, 0) is 87.3 Å². The first-order valence-electron chi connectivity index (χ1n) is 24.4. The molecule has 5 amide bonds. The second kappa shape index (κ2) is 30.0. The summed E-state index contributed by atoms with van der Waals surface area (Å²) in [7, 11) is 0. The number of rotatable bonds is 33. The summed E-state index contributed by atoms with van der Waals surface area (Å²) in [5.41, 5.74) is 12.1. The molecule has 1 aliphatic carbocycles. The van der Waals surface area contributed by atoms with Crippen molar-refractivity contribution in [2.75, 3.05) is 70.1 Å². The SMILES string of the molecule is CC(C)(C)OC(=O)[C@H](CCC(=O)C=[N+]=[N-])NC(=O)C(CCCCNC(=O)CCOCCOCCOCCSCCCCC[C@@H]1SC[C@@H]2NC(=O)N[C@@H]21)NC(=O)OCC1c2ccccc2-c2ccccc21. The molecule has 2 aromatic carbocycles. The third kappa shape index (κ3) is 19.3. The molecule has 0 aromatic heterocycles. The van der Waals surface area contributed by atoms with Crippen molar-refractivity contribution in [1.82, 2.24) is 26.6 Å². The highest BCUT2D eigenvalue weighted by atomic mass is 32.2. The van der Waals surface area contributed by atoms with Crippen LogP contribution in [0.4, 0.5) is 9.59 Å². The average molecular weight is 1010 g/mol. The third-order valence-corrected chi connectivity index (χ3v) is 14.4. The van der Waals surface area contributed by atoms with Crippen LogP contribution in [0.15, 0.2) is 48.5 Å². The lowest BCUT2D eigenvalue weighted by atomic mass is 9.98. The van der Waals surface area contributed by atoms with Gasteiger partial charge in [-0.2, -0.15) is 28.3 Å². The van der Waals surface area contributed by atoms with Crippen molar-refractivity contribution in [3.63, 3.8) is 0 Å². The standard InChI is InChI=1S/C50H71N7O11S2/c1-50(2,3)68-47(61)41(20-19-34(58)31-53-51)54-46(60)40(56-49(63)67-32-39-37-15-8-6-13-35(37)36-14-7-9-16-38(36)39)17-10-11-22-52-44(59)21-23-64-24-25-65-26-27-66-28-30-69-29-12-4-5-18-43-45-42(33-70-43)55-48(62)57-45/h6-9,13-16,31,39-43,45H,4-5,10-12,17-30,32-33H2,1-3H3,(H,52,59)(H,54,60)(H,56,63)(H2,55,57,62)/t40?,41-,42-,43-,45-/m0/s1. The Morgan fingerprint density at radius 1 is 0.814 bits per heavy atom. The van der Waals surface area contributed by atoms with Crippen LogP contribution >= 0.6 is 23.5 Å². The molecule has 0 spiro atoms. The smallest absolute Gasteiger partial charge is 0.407 e. The maximum absolute atomic E-state index is 13.8. The quantitative estimate of drug-likeness (QED) is 0.0147. The number of carbonyl (C=O) groups excluding carboxylic acids is 6. The first kappa shape index (κ1) is 55.9. The molecule has 5 N–H and O–H groups in total. The second-order valence-electron chi connectivity index (χ2n) is 18.4. The Morgan fingerprint density at radius 3 is 2.20 bits per heavy atom. The lowest BCUT2D eigenvalue weighted by molar-refractivity contribution is -0.159. The van der Waals surface area contributed by atoms with Crippen LogP contribution in [0.25, 0.3) is 16.7 Å². The molecule has 20 heteroatoms. The number of amides is 5. The number of nitrogens with zero attached hydrogens (tertiary/aromatic N) is 2. The Kier molecular flexibility index (Phi) is 24.0. The van der Waals surface area contributed by atoms with Crippen molar-refractivity contribution >= 4 is 65.4 Å². The van der Waals surface area contributed by atoms with Gasteiger partial charge < -0.3 is 55.8 Å². The number of benzene rings is 2. The molecule has 2 aromatic rings. The second-order valence-corrected chi connectivity index (χ2v) is 20.9. The molecule has 0 bridgehead atoms. The average Bonchev–Trinajstić information content (AvgIpc) is 3.99. The summed E-state index contributed by atoms with van der Waals surface area (Å²) < 4.78 is 28.1. The van der Waals surface area contributed by atoms with Crippen LogP contribution in [-0.2, 0) is 42.9 Å². The van der Waals surface area contributed by atoms with Gasteiger partial charge in [-0.3, -0.25) is 14.4 Å². The number of unbranched alkanes of at least 4 members (excludes halogenated alkanes) is 3. The topological polar surface area (TPSA) is 245 Å². The molecular weight excluding hydrogens is 939 g/mol. The lowest BCUT2D eigenvalue weighted by Crippen LogP contribution is -2.52. The van der Waals surface area contributed by atoms with E-state index in [0.717, 1.165) is 45.9 Å². The van der Waals surface area contributed by atoms with Crippen molar-refractivity contribution in [3.8, 4) is 11.1 Å². The summed E-state index contributed by atoms with van der Waals surface area (Å²) in [6.45, 7) is 7.94. The number of carbonyl (C=O) groups is 6. The number of ether oxygens (including phenoxy) is 5. The molecule has 2 aliphatic heterocycles. The number of alkyl carbamates (subject to hydrolysis) is 1. The fourth-order valence-electron chi connectivity index (χ4n) is 8.45. The first-order chi connectivity index (χ1) is 33.8. The monoisotopic (exact) mass is 1010 g/mol. The van der Waals surface area contributed by atoms with Crippen molar-refractivity contribution in [2.24, 2.45) is 0 Å². The molecule has 0 radical (unpaired) electrons. The van der Waals surface area contributed by atoms with Gasteiger partial charge in [-0.15, -0.1) is 0 Å². The molecule has 18 nitrogen and oxygen atoms in total. The predicted molar refractivity (Wildman–Crippen MR) is 269 cm³/mol. The van der Waals surface area contributed by atoms with Crippen molar-refractivity contribution in [3.05, 3.63) is 65.2 Å². The van der Waals surface area contributed by atoms with Crippen molar-refractivity contribution < 1.29 is 57.2 Å². The van der Waals surface area contributed by atoms with Crippen LogP contribution in [-0.4, -0.2) is 152 Å². The maximum Gasteiger partial charge on any atom is 0.407 e. The fourth-order valence-corrected chi connectivity index (χ4v) is 10.8. The highest BCUT2D eigenvalue weighted by molar-refractivity contribution is 8.00. The summed E-state index contributed by atoms with van der Waals surface area (Å²) in [6.07, 6.45) is 5.41. The van der Waals surface area contributed by atoms with Gasteiger partial charge in [0.15, 0.2) is 0 Å². The van der Waals surface area contributed by atoms with Crippen LogP contribution in [0.3, 0.4) is 0 Å². The zero-order valence-corrected chi connectivity index (χ0v) is 42.3. The Balaban J connectivity index is 0.942. The minimum absolute atomic E-state index is 0.0211. The Morgan fingerprint density at radius 2 is 1.50 bits per heavy atom. The number of thioether (sulfide) groups is 2. The highest BCUT2D eigenvalue weighted by Crippen LogP contribution is 2.44. The number of hydrogen-bond acceptors (Lipinski definition) is 13. The van der Waals surface area contributed by atoms with Gasteiger partial charge in [0.25, 0.3) is 0 Å². The summed E-state index contributed by atoms with van der Waals surface area (Å²) in [4.78, 5) is 79.3. The Bertz CT molecular complexity index is 2040. The van der Waals surface area contributed by atoms with E-state index in [0.29, 0.717) is 63.9 Å². The van der Waals surface area contributed by atoms with Crippen molar-refractivity contribution in [2.45, 2.75) is 126 Å². The first-order valence-corrected chi connectivity index (χ1v) is 26.6. The minimum Gasteiger partial charge on any atom is -0.458 e. The summed E-state index contributed by atoms with van der Waals surface area (Å²) in [5.74, 6) is 0.631. The Labute approximate surface area is 419 Å². The minimum atomic E-state index is -1.25. The fraction of sp³-hybridized carbons (Fsp3) is 0.620. The van der Waals surface area contributed by atoms with Crippen LogP contribution in [0.1, 0.15) is 102 Å². The third-order valence-electron chi connectivity index (χ3n) is 11.9. The molecule has 3 aliphatic rings. The Hall–Kier alpha value is -4.98. The highest BCUT2D eigenvalue weighted by Gasteiger charge is 2.42. The number of esters is 1.